The number of aromatic nitrogens is 2. The molecule has 1 aliphatic rings. The standard InChI is InChI=1S/C15H27N5O2/c1-3-20-6-4-16-14(20)12-18-7-9-19(10-8-18)13-15(21)17-5-11-22-2/h4,6H,3,5,7-13H2,1-2H3,(H,17,21). The Morgan fingerprint density at radius 3 is 2.73 bits per heavy atom. The lowest BCUT2D eigenvalue weighted by Gasteiger charge is -2.34. The number of imidazole rings is 1. The van der Waals surface area contributed by atoms with Crippen molar-refractivity contribution in [3.05, 3.63) is 18.2 Å². The molecule has 22 heavy (non-hydrogen) atoms. The van der Waals surface area contributed by atoms with Gasteiger partial charge in [-0.1, -0.05) is 0 Å². The van der Waals surface area contributed by atoms with Gasteiger partial charge >= 0.3 is 0 Å². The number of methoxy groups -OCH3 is 1. The van der Waals surface area contributed by atoms with Crippen LogP contribution in [0.1, 0.15) is 12.7 Å². The van der Waals surface area contributed by atoms with Gasteiger partial charge in [0.15, 0.2) is 0 Å². The van der Waals surface area contributed by atoms with Gasteiger partial charge in [0.2, 0.25) is 5.91 Å². The zero-order chi connectivity index (χ0) is 15.8. The summed E-state index contributed by atoms with van der Waals surface area (Å²) >= 11 is 0. The summed E-state index contributed by atoms with van der Waals surface area (Å²) in [7, 11) is 1.63. The van der Waals surface area contributed by atoms with Crippen LogP contribution in [0.2, 0.25) is 0 Å². The Balaban J connectivity index is 1.68. The summed E-state index contributed by atoms with van der Waals surface area (Å²) in [6, 6.07) is 0. The van der Waals surface area contributed by atoms with Crippen LogP contribution in [0.4, 0.5) is 0 Å². The van der Waals surface area contributed by atoms with Gasteiger partial charge in [-0.2, -0.15) is 0 Å². The lowest BCUT2D eigenvalue weighted by atomic mass is 10.3. The van der Waals surface area contributed by atoms with Gasteiger partial charge in [0.25, 0.3) is 0 Å². The number of aryl methyl sites for hydroxylation is 1. The smallest absolute Gasteiger partial charge is 0.234 e. The van der Waals surface area contributed by atoms with Crippen molar-refractivity contribution in [1.29, 1.82) is 0 Å². The molecule has 2 heterocycles. The molecular formula is C15H27N5O2. The van der Waals surface area contributed by atoms with Gasteiger partial charge in [-0.25, -0.2) is 4.98 Å². The molecule has 124 valence electrons. The number of hydrogen-bond acceptors (Lipinski definition) is 5. The van der Waals surface area contributed by atoms with Crippen molar-refractivity contribution in [2.24, 2.45) is 0 Å². The quantitative estimate of drug-likeness (QED) is 0.673. The van der Waals surface area contributed by atoms with Crippen LogP contribution in [0.25, 0.3) is 0 Å². The zero-order valence-corrected chi connectivity index (χ0v) is 13.6. The van der Waals surface area contributed by atoms with Crippen LogP contribution in [0, 0.1) is 0 Å². The summed E-state index contributed by atoms with van der Waals surface area (Å²) in [5.41, 5.74) is 0. The Morgan fingerprint density at radius 2 is 2.05 bits per heavy atom. The van der Waals surface area contributed by atoms with Crippen LogP contribution < -0.4 is 5.32 Å². The normalized spacial score (nSPS) is 16.8. The van der Waals surface area contributed by atoms with Crippen LogP contribution in [0.3, 0.4) is 0 Å². The minimum absolute atomic E-state index is 0.0760. The van der Waals surface area contributed by atoms with Crippen molar-refractivity contribution in [2.45, 2.75) is 20.0 Å². The Labute approximate surface area is 132 Å². The first-order chi connectivity index (χ1) is 10.7. The maximum Gasteiger partial charge on any atom is 0.234 e. The molecule has 1 saturated heterocycles. The van der Waals surface area contributed by atoms with Gasteiger partial charge < -0.3 is 14.6 Å². The van der Waals surface area contributed by atoms with Crippen molar-refractivity contribution in [1.82, 2.24) is 24.7 Å². The highest BCUT2D eigenvalue weighted by atomic mass is 16.5. The van der Waals surface area contributed by atoms with Gasteiger partial charge in [0, 0.05) is 58.8 Å². The summed E-state index contributed by atoms with van der Waals surface area (Å²) in [4.78, 5) is 20.8. The molecule has 0 aliphatic carbocycles. The zero-order valence-electron chi connectivity index (χ0n) is 13.6. The summed E-state index contributed by atoms with van der Waals surface area (Å²) in [6.45, 7) is 9.37. The predicted octanol–water partition coefficient (Wildman–Crippen LogP) is -0.217. The first-order valence-electron chi connectivity index (χ1n) is 7.93. The molecule has 1 aromatic rings. The minimum atomic E-state index is 0.0760. The molecule has 0 saturated carbocycles. The number of carbonyl (C=O) groups is 1. The van der Waals surface area contributed by atoms with E-state index in [1.165, 1.54) is 0 Å². The van der Waals surface area contributed by atoms with E-state index < -0.39 is 0 Å². The highest BCUT2D eigenvalue weighted by Gasteiger charge is 2.19. The molecule has 7 heteroatoms. The molecule has 7 nitrogen and oxygen atoms in total. The van der Waals surface area contributed by atoms with Crippen molar-refractivity contribution in [3.63, 3.8) is 0 Å². The monoisotopic (exact) mass is 309 g/mol. The van der Waals surface area contributed by atoms with Crippen LogP contribution in [0.5, 0.6) is 0 Å². The molecular weight excluding hydrogens is 282 g/mol. The van der Waals surface area contributed by atoms with E-state index in [1.807, 2.05) is 12.4 Å². The highest BCUT2D eigenvalue weighted by Crippen LogP contribution is 2.07. The minimum Gasteiger partial charge on any atom is -0.383 e. The summed E-state index contributed by atoms with van der Waals surface area (Å²) in [6.07, 6.45) is 3.88. The second kappa shape index (κ2) is 8.87. The van der Waals surface area contributed by atoms with Gasteiger partial charge in [-0.15, -0.1) is 0 Å². The van der Waals surface area contributed by atoms with E-state index in [2.05, 4.69) is 31.6 Å². The van der Waals surface area contributed by atoms with Gasteiger partial charge in [-0.3, -0.25) is 14.6 Å². The second-order valence-electron chi connectivity index (χ2n) is 5.52. The first kappa shape index (κ1) is 16.9. The van der Waals surface area contributed by atoms with Crippen LogP contribution in [0.15, 0.2) is 12.4 Å². The number of rotatable bonds is 8. The number of carbonyl (C=O) groups excluding carboxylic acids is 1. The fourth-order valence-electron chi connectivity index (χ4n) is 2.64. The van der Waals surface area contributed by atoms with E-state index in [1.54, 1.807) is 7.11 Å². The number of ether oxygens (including phenoxy) is 1. The predicted molar refractivity (Wildman–Crippen MR) is 84.5 cm³/mol. The van der Waals surface area contributed by atoms with E-state index >= 15 is 0 Å². The Morgan fingerprint density at radius 1 is 1.32 bits per heavy atom. The Kier molecular flexibility index (Phi) is 6.82. The van der Waals surface area contributed by atoms with E-state index in [4.69, 9.17) is 4.74 Å². The van der Waals surface area contributed by atoms with Crippen molar-refractivity contribution in [2.75, 3.05) is 53.0 Å². The van der Waals surface area contributed by atoms with E-state index in [9.17, 15) is 4.79 Å². The number of hydrogen-bond donors (Lipinski definition) is 1. The summed E-state index contributed by atoms with van der Waals surface area (Å²) in [5.74, 6) is 1.19. The third kappa shape index (κ3) is 5.08. The number of piperazine rings is 1. The third-order valence-corrected chi connectivity index (χ3v) is 3.97. The first-order valence-corrected chi connectivity index (χ1v) is 7.93. The molecule has 0 aromatic carbocycles. The molecule has 2 rings (SSSR count). The summed E-state index contributed by atoms with van der Waals surface area (Å²) < 4.78 is 7.10. The van der Waals surface area contributed by atoms with Gasteiger partial charge in [0.1, 0.15) is 5.82 Å². The topological polar surface area (TPSA) is 62.6 Å². The molecule has 1 fully saturated rings. The fourth-order valence-corrected chi connectivity index (χ4v) is 2.64. The van der Waals surface area contributed by atoms with Crippen LogP contribution in [-0.4, -0.2) is 78.2 Å². The van der Waals surface area contributed by atoms with Crippen molar-refractivity contribution >= 4 is 5.91 Å². The number of amides is 1. The van der Waals surface area contributed by atoms with Gasteiger partial charge in [0.05, 0.1) is 19.7 Å². The van der Waals surface area contributed by atoms with Crippen LogP contribution in [-0.2, 0) is 22.6 Å². The summed E-state index contributed by atoms with van der Waals surface area (Å²) in [5, 5.41) is 2.86. The maximum absolute atomic E-state index is 11.8. The largest absolute Gasteiger partial charge is 0.383 e. The van der Waals surface area contributed by atoms with E-state index in [0.717, 1.165) is 45.1 Å². The molecule has 0 unspecified atom stereocenters. The molecule has 1 aliphatic heterocycles. The SMILES string of the molecule is CCn1ccnc1CN1CCN(CC(=O)NCCOC)CC1. The molecule has 1 N–H and O–H groups in total. The fraction of sp³-hybridized carbons (Fsp3) is 0.733. The van der Waals surface area contributed by atoms with Crippen molar-refractivity contribution in [3.8, 4) is 0 Å². The molecule has 0 bridgehead atoms. The number of nitrogens with one attached hydrogen (secondary N) is 1. The molecule has 0 spiro atoms. The maximum atomic E-state index is 11.8. The van der Waals surface area contributed by atoms with Crippen molar-refractivity contribution < 1.29 is 9.53 Å². The lowest BCUT2D eigenvalue weighted by Crippen LogP contribution is -2.49. The second-order valence-corrected chi connectivity index (χ2v) is 5.52. The van der Waals surface area contributed by atoms with Crippen LogP contribution >= 0.6 is 0 Å². The van der Waals surface area contributed by atoms with Gasteiger partial charge in [-0.05, 0) is 6.92 Å². The molecule has 1 aromatic heterocycles. The molecule has 0 radical (unpaired) electrons. The average Bonchev–Trinajstić information content (AvgIpc) is 2.97. The molecule has 1 amide bonds. The molecule has 0 atom stereocenters. The van der Waals surface area contributed by atoms with E-state index in [-0.39, 0.29) is 5.91 Å². The Hall–Kier alpha value is -1.44. The Bertz CT molecular complexity index is 455. The number of nitrogens with zero attached hydrogens (tertiary/aromatic N) is 4. The highest BCUT2D eigenvalue weighted by molar-refractivity contribution is 5.77. The lowest BCUT2D eigenvalue weighted by molar-refractivity contribution is -0.122. The third-order valence-electron chi connectivity index (χ3n) is 3.97. The van der Waals surface area contributed by atoms with E-state index in [0.29, 0.717) is 19.7 Å². The average molecular weight is 309 g/mol.